The first-order valence-electron chi connectivity index (χ1n) is 12.0. The van der Waals surface area contributed by atoms with Gasteiger partial charge in [-0.3, -0.25) is 9.59 Å². The molecule has 3 atom stereocenters. The summed E-state index contributed by atoms with van der Waals surface area (Å²) >= 11 is 7.56. The van der Waals surface area contributed by atoms with Gasteiger partial charge in [-0.2, -0.15) is 0 Å². The van der Waals surface area contributed by atoms with E-state index in [-0.39, 0.29) is 23.9 Å². The summed E-state index contributed by atoms with van der Waals surface area (Å²) in [6.45, 7) is 2.41. The number of aromatic nitrogens is 2. The quantitative estimate of drug-likeness (QED) is 0.466. The molecule has 0 spiro atoms. The van der Waals surface area contributed by atoms with Crippen LogP contribution in [-0.4, -0.2) is 66.1 Å². The van der Waals surface area contributed by atoms with E-state index < -0.39 is 0 Å². The molecule has 5 rings (SSSR count). The summed E-state index contributed by atoms with van der Waals surface area (Å²) in [6.07, 6.45) is 3.28. The van der Waals surface area contributed by atoms with E-state index in [1.165, 1.54) is 11.3 Å². The molecule has 0 bridgehead atoms. The first-order chi connectivity index (χ1) is 16.9. The molecule has 2 aromatic heterocycles. The number of rotatable bonds is 6. The summed E-state index contributed by atoms with van der Waals surface area (Å²) in [5.41, 5.74) is 2.36. The highest BCUT2D eigenvalue weighted by molar-refractivity contribution is 7.13. The number of likely N-dealkylation sites (N-methyl/N-ethyl adjacent to an activating group) is 1. The smallest absolute Gasteiger partial charge is 0.280 e. The van der Waals surface area contributed by atoms with E-state index in [9.17, 15) is 9.59 Å². The zero-order valence-electron chi connectivity index (χ0n) is 19.9. The molecule has 0 radical (unpaired) electrons. The van der Waals surface area contributed by atoms with Gasteiger partial charge in [-0.15, -0.1) is 11.3 Å². The highest BCUT2D eigenvalue weighted by Gasteiger charge is 2.34. The fourth-order valence-electron chi connectivity index (χ4n) is 5.10. The van der Waals surface area contributed by atoms with Crippen LogP contribution in [0.15, 0.2) is 24.3 Å². The van der Waals surface area contributed by atoms with Crippen molar-refractivity contribution < 1.29 is 14.3 Å². The van der Waals surface area contributed by atoms with E-state index in [1.54, 1.807) is 19.2 Å². The fourth-order valence-corrected chi connectivity index (χ4v) is 6.37. The van der Waals surface area contributed by atoms with Gasteiger partial charge < -0.3 is 25.3 Å². The molecule has 8 nitrogen and oxygen atoms in total. The topological polar surface area (TPSA) is 99.3 Å². The molecule has 3 unspecified atom stereocenters. The van der Waals surface area contributed by atoms with Crippen molar-refractivity contribution in [2.45, 2.75) is 44.3 Å². The number of fused-ring (bicyclic) bond motifs is 2. The van der Waals surface area contributed by atoms with Crippen LogP contribution >= 0.6 is 22.9 Å². The number of carbonyl (C=O) groups excluding carboxylic acids is 2. The lowest BCUT2D eigenvalue weighted by Crippen LogP contribution is -2.55. The molecule has 10 heteroatoms. The van der Waals surface area contributed by atoms with Gasteiger partial charge in [0.1, 0.15) is 5.69 Å². The van der Waals surface area contributed by atoms with Gasteiger partial charge in [0.25, 0.3) is 11.8 Å². The van der Waals surface area contributed by atoms with Crippen molar-refractivity contribution in [3.05, 3.63) is 50.6 Å². The van der Waals surface area contributed by atoms with E-state index >= 15 is 0 Å². The minimum Gasteiger partial charge on any atom is -0.384 e. The standard InChI is InChI=1S/C25H30ClN5O3S/c1-31-8-7-19-22(12-31)35-25(30-19)24(33)29-20-9-14(13-34-2)3-5-18(20)28-23(32)21-11-15-10-16(26)4-6-17(15)27-21/h4,6,10-11,14,18,20,27H,3,5,7-9,12-13H2,1-2H3,(H,28,32)(H,29,33). The van der Waals surface area contributed by atoms with Gasteiger partial charge in [-0.05, 0) is 56.5 Å². The van der Waals surface area contributed by atoms with E-state index in [0.717, 1.165) is 60.2 Å². The number of carbonyl (C=O) groups is 2. The summed E-state index contributed by atoms with van der Waals surface area (Å²) in [6, 6.07) is 6.89. The number of H-pyrrole nitrogens is 1. The van der Waals surface area contributed by atoms with Crippen molar-refractivity contribution in [1.29, 1.82) is 0 Å². The number of benzene rings is 1. The number of hydrogen-bond donors (Lipinski definition) is 3. The number of nitrogens with one attached hydrogen (secondary N) is 3. The number of halogens is 1. The molecular formula is C25H30ClN5O3S. The molecule has 1 fully saturated rings. The number of methoxy groups -OCH3 is 1. The minimum atomic E-state index is -0.206. The van der Waals surface area contributed by atoms with Gasteiger partial charge in [-0.25, -0.2) is 4.98 Å². The number of amides is 2. The Labute approximate surface area is 213 Å². The molecular weight excluding hydrogens is 486 g/mol. The van der Waals surface area contributed by atoms with Crippen LogP contribution in [0.4, 0.5) is 0 Å². The molecule has 1 aliphatic heterocycles. The lowest BCUT2D eigenvalue weighted by Gasteiger charge is -2.36. The normalized spacial score (nSPS) is 22.7. The Hall–Kier alpha value is -2.46. The Morgan fingerprint density at radius 3 is 2.89 bits per heavy atom. The van der Waals surface area contributed by atoms with Gasteiger partial charge >= 0.3 is 0 Å². The Morgan fingerprint density at radius 2 is 2.06 bits per heavy atom. The summed E-state index contributed by atoms with van der Waals surface area (Å²) < 4.78 is 5.38. The number of hydrogen-bond acceptors (Lipinski definition) is 6. The number of ether oxygens (including phenoxy) is 1. The Kier molecular flexibility index (Phi) is 7.11. The third-order valence-electron chi connectivity index (χ3n) is 6.94. The van der Waals surface area contributed by atoms with Gasteiger partial charge in [-0.1, -0.05) is 11.6 Å². The van der Waals surface area contributed by atoms with Crippen LogP contribution in [0.1, 0.15) is 50.1 Å². The first-order valence-corrected chi connectivity index (χ1v) is 13.1. The van der Waals surface area contributed by atoms with Crippen LogP contribution in [0, 0.1) is 5.92 Å². The predicted molar refractivity (Wildman–Crippen MR) is 137 cm³/mol. The van der Waals surface area contributed by atoms with Crippen molar-refractivity contribution in [2.75, 3.05) is 27.3 Å². The molecule has 1 aromatic carbocycles. The average Bonchev–Trinajstić information content (AvgIpc) is 3.44. The Bertz CT molecular complexity index is 1240. The van der Waals surface area contributed by atoms with Crippen LogP contribution in [0.2, 0.25) is 5.02 Å². The Morgan fingerprint density at radius 1 is 1.23 bits per heavy atom. The molecule has 2 amide bonds. The zero-order valence-corrected chi connectivity index (χ0v) is 21.5. The first kappa shape index (κ1) is 24.2. The van der Waals surface area contributed by atoms with E-state index in [2.05, 4.69) is 32.5 Å². The molecule has 3 N–H and O–H groups in total. The third kappa shape index (κ3) is 5.38. The third-order valence-corrected chi connectivity index (χ3v) is 8.25. The second-order valence-electron chi connectivity index (χ2n) is 9.59. The summed E-state index contributed by atoms with van der Waals surface area (Å²) in [5, 5.41) is 8.34. The largest absolute Gasteiger partial charge is 0.384 e. The minimum absolute atomic E-state index is 0.172. The lowest BCUT2D eigenvalue weighted by molar-refractivity contribution is 0.0778. The maximum atomic E-state index is 13.2. The average molecular weight is 516 g/mol. The lowest BCUT2D eigenvalue weighted by atomic mass is 9.82. The highest BCUT2D eigenvalue weighted by Crippen LogP contribution is 2.28. The fraction of sp³-hybridized carbons (Fsp3) is 0.480. The molecule has 2 aliphatic rings. The van der Waals surface area contributed by atoms with Crippen molar-refractivity contribution >= 4 is 45.7 Å². The van der Waals surface area contributed by atoms with Crippen LogP contribution in [0.5, 0.6) is 0 Å². The van der Waals surface area contributed by atoms with Crippen LogP contribution < -0.4 is 10.6 Å². The molecule has 1 saturated carbocycles. The van der Waals surface area contributed by atoms with Gasteiger partial charge in [0.2, 0.25) is 0 Å². The Balaban J connectivity index is 1.31. The van der Waals surface area contributed by atoms with Crippen molar-refractivity contribution in [3.63, 3.8) is 0 Å². The molecule has 186 valence electrons. The second-order valence-corrected chi connectivity index (χ2v) is 11.1. The van der Waals surface area contributed by atoms with Crippen LogP contribution in [0.25, 0.3) is 10.9 Å². The molecule has 3 heterocycles. The number of aromatic amines is 1. The summed E-state index contributed by atoms with van der Waals surface area (Å²) in [7, 11) is 3.77. The predicted octanol–water partition coefficient (Wildman–Crippen LogP) is 3.61. The van der Waals surface area contributed by atoms with Crippen LogP contribution in [-0.2, 0) is 17.7 Å². The number of thiazole rings is 1. The maximum Gasteiger partial charge on any atom is 0.280 e. The van der Waals surface area contributed by atoms with Crippen molar-refractivity contribution in [2.24, 2.45) is 5.92 Å². The summed E-state index contributed by atoms with van der Waals surface area (Å²) in [4.78, 5) is 37.5. The van der Waals surface area contributed by atoms with Crippen LogP contribution in [0.3, 0.4) is 0 Å². The maximum absolute atomic E-state index is 13.2. The molecule has 35 heavy (non-hydrogen) atoms. The van der Waals surface area contributed by atoms with Gasteiger partial charge in [0.05, 0.1) is 5.69 Å². The second kappa shape index (κ2) is 10.3. The summed E-state index contributed by atoms with van der Waals surface area (Å²) in [5.74, 6) is -0.0408. The molecule has 1 aliphatic carbocycles. The monoisotopic (exact) mass is 515 g/mol. The number of nitrogens with zero attached hydrogens (tertiary/aromatic N) is 2. The molecule has 3 aromatic rings. The SMILES string of the molecule is COCC1CCC(NC(=O)c2cc3cc(Cl)ccc3[nH]2)C(NC(=O)c2nc3c(s2)CN(C)CC3)C1. The van der Waals surface area contributed by atoms with Crippen molar-refractivity contribution in [1.82, 2.24) is 25.5 Å². The highest BCUT2D eigenvalue weighted by atomic mass is 35.5. The zero-order chi connectivity index (χ0) is 24.5. The van der Waals surface area contributed by atoms with Gasteiger partial charge in [0.15, 0.2) is 5.01 Å². The van der Waals surface area contributed by atoms with Gasteiger partial charge in [0, 0.05) is 66.1 Å². The molecule has 0 saturated heterocycles. The van der Waals surface area contributed by atoms with Crippen molar-refractivity contribution in [3.8, 4) is 0 Å². The van der Waals surface area contributed by atoms with E-state index in [4.69, 9.17) is 16.3 Å². The van der Waals surface area contributed by atoms with E-state index in [1.807, 2.05) is 12.1 Å². The van der Waals surface area contributed by atoms with E-state index in [0.29, 0.717) is 28.2 Å².